The fourth-order valence-electron chi connectivity index (χ4n) is 5.89. The number of nitrogens with one attached hydrogen (secondary N) is 1. The van der Waals surface area contributed by atoms with Gasteiger partial charge in [-0.1, -0.05) is 53.0 Å². The average Bonchev–Trinajstić information content (AvgIpc) is 3.38. The highest BCUT2D eigenvalue weighted by molar-refractivity contribution is 6.42. The quantitative estimate of drug-likeness (QED) is 0.149. The molecular formula is C34H40Cl3N5O2. The number of aromatic nitrogens is 2. The summed E-state index contributed by atoms with van der Waals surface area (Å²) in [7, 11) is 1.85. The molecule has 7 nitrogen and oxygen atoms in total. The fraction of sp³-hybridized carbons (Fsp3) is 0.412. The number of likely N-dealkylation sites (tertiary alicyclic amines) is 1. The molecule has 0 spiro atoms. The van der Waals surface area contributed by atoms with Crippen LogP contribution < -0.4 is 5.32 Å². The van der Waals surface area contributed by atoms with Crippen LogP contribution in [-0.2, 0) is 11.3 Å². The molecule has 1 aliphatic heterocycles. The number of carbonyl (C=O) groups excluding carboxylic acids is 1. The Morgan fingerprint density at radius 1 is 1.02 bits per heavy atom. The van der Waals surface area contributed by atoms with Gasteiger partial charge in [0.1, 0.15) is 0 Å². The molecule has 1 aromatic heterocycles. The molecule has 0 aliphatic carbocycles. The zero-order valence-electron chi connectivity index (χ0n) is 25.3. The summed E-state index contributed by atoms with van der Waals surface area (Å²) < 4.78 is 7.88. The first-order valence-corrected chi connectivity index (χ1v) is 16.4. The molecule has 1 saturated heterocycles. The monoisotopic (exact) mass is 655 g/mol. The third kappa shape index (κ3) is 8.26. The van der Waals surface area contributed by atoms with E-state index in [4.69, 9.17) is 44.5 Å². The first-order chi connectivity index (χ1) is 21.3. The first-order valence-electron chi connectivity index (χ1n) is 15.3. The van der Waals surface area contributed by atoms with Gasteiger partial charge in [0.25, 0.3) is 5.91 Å². The van der Waals surface area contributed by atoms with Gasteiger partial charge >= 0.3 is 0 Å². The van der Waals surface area contributed by atoms with Gasteiger partial charge in [0, 0.05) is 62.4 Å². The van der Waals surface area contributed by atoms with Gasteiger partial charge in [-0.3, -0.25) is 4.79 Å². The van der Waals surface area contributed by atoms with Crippen molar-refractivity contribution in [3.05, 3.63) is 92.9 Å². The molecule has 10 heteroatoms. The fourth-order valence-corrected chi connectivity index (χ4v) is 6.32. The molecule has 1 N–H and O–H groups in total. The Morgan fingerprint density at radius 3 is 2.50 bits per heavy atom. The Balaban J connectivity index is 1.20. The lowest BCUT2D eigenvalue weighted by atomic mass is 9.94. The number of amides is 1. The maximum atomic E-state index is 13.2. The van der Waals surface area contributed by atoms with E-state index in [9.17, 15) is 4.79 Å². The lowest BCUT2D eigenvalue weighted by Gasteiger charge is -2.34. The van der Waals surface area contributed by atoms with E-state index in [2.05, 4.69) is 33.0 Å². The molecule has 1 aliphatic rings. The SMILES string of the molecule is CCOCCn1c(NC2CCN(CCC(CN(C)C(=O)c3ccc(Cl)cc3)c3ccc(Cl)c(Cl)c3)CC2)nc2ccccc21. The van der Waals surface area contributed by atoms with Crippen molar-refractivity contribution in [1.82, 2.24) is 19.4 Å². The van der Waals surface area contributed by atoms with Crippen molar-refractivity contribution in [2.24, 2.45) is 0 Å². The number of hydrogen-bond acceptors (Lipinski definition) is 5. The molecule has 5 rings (SSSR count). The molecule has 1 amide bonds. The summed E-state index contributed by atoms with van der Waals surface area (Å²) in [6, 6.07) is 21.4. The first kappa shape index (κ1) is 32.6. The highest BCUT2D eigenvalue weighted by Gasteiger charge is 2.24. The molecule has 1 fully saturated rings. The van der Waals surface area contributed by atoms with E-state index in [1.54, 1.807) is 29.2 Å². The van der Waals surface area contributed by atoms with E-state index in [0.29, 0.717) is 46.4 Å². The van der Waals surface area contributed by atoms with Crippen LogP contribution in [0.5, 0.6) is 0 Å². The van der Waals surface area contributed by atoms with Crippen molar-refractivity contribution >= 4 is 57.7 Å². The maximum absolute atomic E-state index is 13.2. The Morgan fingerprint density at radius 2 is 1.77 bits per heavy atom. The number of nitrogens with zero attached hydrogens (tertiary/aromatic N) is 4. The number of imidazole rings is 1. The second-order valence-electron chi connectivity index (χ2n) is 11.4. The summed E-state index contributed by atoms with van der Waals surface area (Å²) in [5.41, 5.74) is 3.82. The van der Waals surface area contributed by atoms with Gasteiger partial charge in [0.15, 0.2) is 0 Å². The van der Waals surface area contributed by atoms with E-state index >= 15 is 0 Å². The third-order valence-corrected chi connectivity index (χ3v) is 9.37. The van der Waals surface area contributed by atoms with Crippen LogP contribution in [0.15, 0.2) is 66.7 Å². The van der Waals surface area contributed by atoms with E-state index in [1.807, 2.05) is 38.2 Å². The molecule has 0 saturated carbocycles. The van der Waals surface area contributed by atoms with Crippen molar-refractivity contribution in [2.45, 2.75) is 44.7 Å². The van der Waals surface area contributed by atoms with E-state index in [1.165, 1.54) is 0 Å². The predicted molar refractivity (Wildman–Crippen MR) is 182 cm³/mol. The molecule has 0 bridgehead atoms. The summed E-state index contributed by atoms with van der Waals surface area (Å²) in [4.78, 5) is 22.4. The number of halogens is 3. The molecule has 1 atom stereocenters. The standard InChI is InChI=1S/C34H40Cl3N5O2/c1-3-44-21-20-42-32-7-5-4-6-31(32)39-34(42)38-28-15-18-41(19-16-28)17-14-26(25-10-13-29(36)30(37)22-25)23-40(2)33(43)24-8-11-27(35)12-9-24/h4-13,22,26,28H,3,14-21,23H2,1-2H3,(H,38,39). The van der Waals surface area contributed by atoms with Gasteiger partial charge in [-0.25, -0.2) is 4.98 Å². The van der Waals surface area contributed by atoms with Crippen LogP contribution in [0.1, 0.15) is 48.0 Å². The molecule has 2 heterocycles. The smallest absolute Gasteiger partial charge is 0.253 e. The summed E-state index contributed by atoms with van der Waals surface area (Å²) in [5.74, 6) is 0.982. The Bertz CT molecular complexity index is 1540. The van der Waals surface area contributed by atoms with Crippen molar-refractivity contribution in [2.75, 3.05) is 51.8 Å². The lowest BCUT2D eigenvalue weighted by molar-refractivity contribution is 0.0782. The number of anilines is 1. The van der Waals surface area contributed by atoms with Gasteiger partial charge in [-0.2, -0.15) is 0 Å². The Labute approximate surface area is 275 Å². The molecule has 44 heavy (non-hydrogen) atoms. The molecule has 234 valence electrons. The lowest BCUT2D eigenvalue weighted by Crippen LogP contribution is -2.40. The van der Waals surface area contributed by atoms with Crippen LogP contribution in [-0.4, -0.2) is 77.7 Å². The molecular weight excluding hydrogens is 617 g/mol. The zero-order chi connectivity index (χ0) is 31.1. The molecule has 0 radical (unpaired) electrons. The number of carbonyl (C=O) groups is 1. The minimum Gasteiger partial charge on any atom is -0.380 e. The molecule has 4 aromatic rings. The Kier molecular flexibility index (Phi) is 11.4. The van der Waals surface area contributed by atoms with Crippen molar-refractivity contribution in [3.8, 4) is 0 Å². The van der Waals surface area contributed by atoms with Crippen molar-refractivity contribution < 1.29 is 9.53 Å². The van der Waals surface area contributed by atoms with Crippen LogP contribution >= 0.6 is 34.8 Å². The van der Waals surface area contributed by atoms with Crippen LogP contribution in [0.2, 0.25) is 15.1 Å². The van der Waals surface area contributed by atoms with Gasteiger partial charge in [-0.05, 0) is 86.8 Å². The molecule has 3 aromatic carbocycles. The van der Waals surface area contributed by atoms with E-state index < -0.39 is 0 Å². The number of fused-ring (bicyclic) bond motifs is 1. The number of hydrogen-bond donors (Lipinski definition) is 1. The van der Waals surface area contributed by atoms with Gasteiger partial charge in [-0.15, -0.1) is 0 Å². The van der Waals surface area contributed by atoms with E-state index in [-0.39, 0.29) is 11.8 Å². The second kappa shape index (κ2) is 15.5. The minimum atomic E-state index is -0.0362. The van der Waals surface area contributed by atoms with E-state index in [0.717, 1.165) is 68.0 Å². The van der Waals surface area contributed by atoms with Gasteiger partial charge < -0.3 is 24.4 Å². The second-order valence-corrected chi connectivity index (χ2v) is 12.6. The van der Waals surface area contributed by atoms with Crippen LogP contribution in [0.3, 0.4) is 0 Å². The maximum Gasteiger partial charge on any atom is 0.253 e. The zero-order valence-corrected chi connectivity index (χ0v) is 27.6. The summed E-state index contributed by atoms with van der Waals surface area (Å²) >= 11 is 18.7. The highest BCUT2D eigenvalue weighted by Crippen LogP contribution is 2.30. The number of piperidine rings is 1. The third-order valence-electron chi connectivity index (χ3n) is 8.38. The summed E-state index contributed by atoms with van der Waals surface area (Å²) in [5, 5.41) is 5.40. The average molecular weight is 657 g/mol. The number of rotatable bonds is 13. The highest BCUT2D eigenvalue weighted by atomic mass is 35.5. The van der Waals surface area contributed by atoms with Gasteiger partial charge in [0.2, 0.25) is 5.95 Å². The predicted octanol–water partition coefficient (Wildman–Crippen LogP) is 7.86. The van der Waals surface area contributed by atoms with Crippen molar-refractivity contribution in [3.63, 3.8) is 0 Å². The number of para-hydroxylation sites is 2. The largest absolute Gasteiger partial charge is 0.380 e. The number of likely N-dealkylation sites (N-methyl/N-ethyl adjacent to an activating group) is 1. The molecule has 1 unspecified atom stereocenters. The topological polar surface area (TPSA) is 62.6 Å². The van der Waals surface area contributed by atoms with Crippen LogP contribution in [0.25, 0.3) is 11.0 Å². The van der Waals surface area contributed by atoms with Gasteiger partial charge in [0.05, 0.1) is 27.7 Å². The van der Waals surface area contributed by atoms with Crippen LogP contribution in [0.4, 0.5) is 5.95 Å². The number of ether oxygens (including phenoxy) is 1. The summed E-state index contributed by atoms with van der Waals surface area (Å²) in [6.45, 7) is 7.61. The minimum absolute atomic E-state index is 0.0362. The van der Waals surface area contributed by atoms with Crippen molar-refractivity contribution in [1.29, 1.82) is 0 Å². The number of benzene rings is 3. The normalized spacial score (nSPS) is 15.0. The van der Waals surface area contributed by atoms with Crippen LogP contribution in [0, 0.1) is 0 Å². The Hall–Kier alpha value is -2.81. The summed E-state index contributed by atoms with van der Waals surface area (Å²) in [6.07, 6.45) is 2.95.